The zero-order chi connectivity index (χ0) is 10.7. The van der Waals surface area contributed by atoms with E-state index < -0.39 is 29.6 Å². The fraction of sp³-hybridized carbons (Fsp3) is 0.125. The number of ether oxygens (including phenoxy) is 1. The van der Waals surface area contributed by atoms with E-state index >= 15 is 0 Å². The van der Waals surface area contributed by atoms with E-state index in [-0.39, 0.29) is 0 Å². The number of hydrogen-bond acceptors (Lipinski definition) is 2. The first-order valence-electron chi connectivity index (χ1n) is 3.39. The highest BCUT2D eigenvalue weighted by molar-refractivity contribution is 5.44. The number of hydrogen-bond donors (Lipinski definition) is 0. The largest absolute Gasteiger partial charge is 0.433 e. The van der Waals surface area contributed by atoms with Gasteiger partial charge in [-0.25, -0.2) is 8.78 Å². The van der Waals surface area contributed by atoms with Crippen molar-refractivity contribution >= 4 is 0 Å². The van der Waals surface area contributed by atoms with E-state index in [4.69, 9.17) is 5.26 Å². The topological polar surface area (TPSA) is 33.0 Å². The third-order valence-electron chi connectivity index (χ3n) is 1.38. The van der Waals surface area contributed by atoms with Crippen LogP contribution in [0.15, 0.2) is 12.1 Å². The second-order valence-corrected chi connectivity index (χ2v) is 2.22. The predicted octanol–water partition coefficient (Wildman–Crippen LogP) is 2.44. The molecule has 14 heavy (non-hydrogen) atoms. The van der Waals surface area contributed by atoms with Crippen molar-refractivity contribution in [3.05, 3.63) is 29.3 Å². The summed E-state index contributed by atoms with van der Waals surface area (Å²) in [7, 11) is 0. The first-order chi connectivity index (χ1) is 6.56. The molecule has 0 heterocycles. The molecule has 0 aliphatic heterocycles. The molecule has 0 bridgehead atoms. The highest BCUT2D eigenvalue weighted by Gasteiger charge is 2.16. The van der Waals surface area contributed by atoms with Crippen molar-refractivity contribution in [3.63, 3.8) is 0 Å². The van der Waals surface area contributed by atoms with E-state index in [0.717, 1.165) is 6.07 Å². The first kappa shape index (κ1) is 10.3. The molecule has 0 aromatic heterocycles. The molecule has 1 aromatic rings. The van der Waals surface area contributed by atoms with Crippen molar-refractivity contribution in [3.8, 4) is 11.8 Å². The molecule has 0 saturated carbocycles. The second kappa shape index (κ2) is 3.96. The summed E-state index contributed by atoms with van der Waals surface area (Å²) in [6, 6.07) is 2.61. The first-order valence-corrected chi connectivity index (χ1v) is 3.39. The maximum absolute atomic E-state index is 12.8. The average Bonchev–Trinajstić information content (AvgIpc) is 2.11. The molecule has 0 saturated heterocycles. The fourth-order valence-electron chi connectivity index (χ4n) is 0.831. The van der Waals surface area contributed by atoms with E-state index in [2.05, 4.69) is 4.74 Å². The Morgan fingerprint density at radius 1 is 1.29 bits per heavy atom. The molecule has 0 amide bonds. The summed E-state index contributed by atoms with van der Waals surface area (Å²) in [5.41, 5.74) is -0.870. The van der Waals surface area contributed by atoms with Crippen molar-refractivity contribution in [1.29, 1.82) is 5.26 Å². The maximum atomic E-state index is 12.8. The van der Waals surface area contributed by atoms with Crippen molar-refractivity contribution in [1.82, 2.24) is 0 Å². The number of nitriles is 1. The molecule has 2 nitrogen and oxygen atoms in total. The Hall–Kier alpha value is -1.77. The van der Waals surface area contributed by atoms with Crippen LogP contribution in [-0.4, -0.2) is 6.61 Å². The molecule has 0 atom stereocenters. The van der Waals surface area contributed by atoms with Crippen LogP contribution in [0.3, 0.4) is 0 Å². The SMILES string of the molecule is N#Cc1c(OC(F)F)ccc(F)c1F. The zero-order valence-electron chi connectivity index (χ0n) is 6.60. The molecule has 0 N–H and O–H groups in total. The zero-order valence-corrected chi connectivity index (χ0v) is 6.60. The van der Waals surface area contributed by atoms with Gasteiger partial charge in [-0.15, -0.1) is 0 Å². The standard InChI is InChI=1S/C8H3F4NO/c9-5-1-2-6(14-8(11)12)4(3-13)7(5)10/h1-2,8H. The Morgan fingerprint density at radius 3 is 2.43 bits per heavy atom. The van der Waals surface area contributed by atoms with Crippen LogP contribution in [0.2, 0.25) is 0 Å². The second-order valence-electron chi connectivity index (χ2n) is 2.22. The van der Waals surface area contributed by atoms with E-state index in [1.807, 2.05) is 0 Å². The monoisotopic (exact) mass is 205 g/mol. The minimum Gasteiger partial charge on any atom is -0.433 e. The van der Waals surface area contributed by atoms with Gasteiger partial charge in [0.25, 0.3) is 0 Å². The van der Waals surface area contributed by atoms with Crippen molar-refractivity contribution < 1.29 is 22.3 Å². The number of alkyl halides is 2. The van der Waals surface area contributed by atoms with Gasteiger partial charge in [0, 0.05) is 0 Å². The van der Waals surface area contributed by atoms with Gasteiger partial charge in [0.2, 0.25) is 0 Å². The van der Waals surface area contributed by atoms with Crippen molar-refractivity contribution in [2.24, 2.45) is 0 Å². The third kappa shape index (κ3) is 1.93. The van der Waals surface area contributed by atoms with Crippen molar-refractivity contribution in [2.45, 2.75) is 6.61 Å². The van der Waals surface area contributed by atoms with Crippen LogP contribution >= 0.6 is 0 Å². The molecule has 1 aromatic carbocycles. The average molecular weight is 205 g/mol. The highest BCUT2D eigenvalue weighted by Crippen LogP contribution is 2.24. The molecule has 6 heteroatoms. The highest BCUT2D eigenvalue weighted by atomic mass is 19.3. The van der Waals surface area contributed by atoms with Gasteiger partial charge >= 0.3 is 6.61 Å². The summed E-state index contributed by atoms with van der Waals surface area (Å²) < 4.78 is 52.6. The van der Waals surface area contributed by atoms with Gasteiger partial charge in [-0.05, 0) is 12.1 Å². The lowest BCUT2D eigenvalue weighted by Gasteiger charge is -2.06. The number of nitrogens with zero attached hydrogens (tertiary/aromatic N) is 1. The smallest absolute Gasteiger partial charge is 0.387 e. The quantitative estimate of drug-likeness (QED) is 0.694. The van der Waals surface area contributed by atoms with Crippen LogP contribution < -0.4 is 4.74 Å². The summed E-state index contributed by atoms with van der Waals surface area (Å²) in [5.74, 6) is -3.46. The molecule has 0 radical (unpaired) electrons. The van der Waals surface area contributed by atoms with Gasteiger partial charge in [0.1, 0.15) is 17.4 Å². The van der Waals surface area contributed by atoms with E-state index in [9.17, 15) is 17.6 Å². The lowest BCUT2D eigenvalue weighted by molar-refractivity contribution is -0.0502. The molecular weight excluding hydrogens is 202 g/mol. The van der Waals surface area contributed by atoms with Crippen molar-refractivity contribution in [2.75, 3.05) is 0 Å². The number of halogens is 4. The predicted molar refractivity (Wildman–Crippen MR) is 37.7 cm³/mol. The third-order valence-corrected chi connectivity index (χ3v) is 1.38. The summed E-state index contributed by atoms with van der Waals surface area (Å²) in [4.78, 5) is 0. The maximum Gasteiger partial charge on any atom is 0.387 e. The molecule has 1 rings (SSSR count). The van der Waals surface area contributed by atoms with Gasteiger partial charge in [-0.2, -0.15) is 14.0 Å². The number of benzene rings is 1. The lowest BCUT2D eigenvalue weighted by atomic mass is 10.2. The Labute approximate surface area is 76.3 Å². The molecular formula is C8H3F4NO. The summed E-state index contributed by atoms with van der Waals surface area (Å²) in [6.45, 7) is -3.19. The van der Waals surface area contributed by atoms with Crippen LogP contribution in [-0.2, 0) is 0 Å². The Balaban J connectivity index is 3.19. The van der Waals surface area contributed by atoms with Crippen LogP contribution in [0.5, 0.6) is 5.75 Å². The molecule has 0 aliphatic rings. The van der Waals surface area contributed by atoms with Crippen LogP contribution in [0.4, 0.5) is 17.6 Å². The normalized spacial score (nSPS) is 10.0. The van der Waals surface area contributed by atoms with Gasteiger partial charge < -0.3 is 4.74 Å². The number of rotatable bonds is 2. The molecule has 0 unspecified atom stereocenters. The van der Waals surface area contributed by atoms with Gasteiger partial charge in [-0.3, -0.25) is 0 Å². The molecule has 74 valence electrons. The van der Waals surface area contributed by atoms with Crippen LogP contribution in [0.25, 0.3) is 0 Å². The Morgan fingerprint density at radius 2 is 1.93 bits per heavy atom. The Bertz CT molecular complexity index is 386. The van der Waals surface area contributed by atoms with Gasteiger partial charge in [-0.1, -0.05) is 0 Å². The molecule has 0 aliphatic carbocycles. The molecule has 0 spiro atoms. The minimum absolute atomic E-state index is 0.605. The van der Waals surface area contributed by atoms with E-state index in [0.29, 0.717) is 6.07 Å². The molecule has 0 fully saturated rings. The minimum atomic E-state index is -3.19. The summed E-state index contributed by atoms with van der Waals surface area (Å²) in [6.07, 6.45) is 0. The summed E-state index contributed by atoms with van der Waals surface area (Å²) >= 11 is 0. The summed E-state index contributed by atoms with van der Waals surface area (Å²) in [5, 5.41) is 8.36. The van der Waals surface area contributed by atoms with Gasteiger partial charge in [0.15, 0.2) is 11.6 Å². The van der Waals surface area contributed by atoms with Crippen LogP contribution in [0.1, 0.15) is 5.56 Å². The van der Waals surface area contributed by atoms with E-state index in [1.165, 1.54) is 6.07 Å². The fourth-order valence-corrected chi connectivity index (χ4v) is 0.831. The van der Waals surface area contributed by atoms with Crippen LogP contribution in [0, 0.1) is 23.0 Å². The lowest BCUT2D eigenvalue weighted by Crippen LogP contribution is -2.05. The van der Waals surface area contributed by atoms with Gasteiger partial charge in [0.05, 0.1) is 0 Å². The Kier molecular flexibility index (Phi) is 2.92. The van der Waals surface area contributed by atoms with E-state index in [1.54, 1.807) is 0 Å².